The summed E-state index contributed by atoms with van der Waals surface area (Å²) in [5.74, 6) is -0.486. The van der Waals surface area contributed by atoms with E-state index in [4.69, 9.17) is 18.5 Å². The van der Waals surface area contributed by atoms with Crippen molar-refractivity contribution in [1.82, 2.24) is 0 Å². The molecule has 1 saturated carbocycles. The van der Waals surface area contributed by atoms with Crippen molar-refractivity contribution in [3.05, 3.63) is 36.5 Å². The number of aliphatic hydroxyl groups excluding tert-OH is 5. The van der Waals surface area contributed by atoms with Crippen LogP contribution in [0.1, 0.15) is 226 Å². The quantitative estimate of drug-likeness (QED) is 0.0147. The van der Waals surface area contributed by atoms with Crippen molar-refractivity contribution in [1.29, 1.82) is 0 Å². The molecule has 1 rings (SSSR count). The fourth-order valence-corrected chi connectivity index (χ4v) is 9.04. The van der Waals surface area contributed by atoms with Gasteiger partial charge in [0.25, 0.3) is 0 Å². The van der Waals surface area contributed by atoms with Gasteiger partial charge >= 0.3 is 13.8 Å². The van der Waals surface area contributed by atoms with E-state index < -0.39 is 63.1 Å². The lowest BCUT2D eigenvalue weighted by molar-refractivity contribution is -0.220. The van der Waals surface area contributed by atoms with Crippen molar-refractivity contribution in [2.45, 2.75) is 268 Å². The summed E-state index contributed by atoms with van der Waals surface area (Å²) in [7, 11) is -5.02. The van der Waals surface area contributed by atoms with Gasteiger partial charge in [-0.15, -0.1) is 0 Å². The number of hydrogen-bond acceptors (Lipinski definition) is 11. The van der Waals surface area contributed by atoms with Gasteiger partial charge in [0.05, 0.1) is 13.2 Å². The standard InChI is InChI=1S/C52H97O12P/c1-3-5-7-9-11-13-15-17-19-21-22-23-24-25-27-29-31-33-35-37-39-41-46(53)63-45(44-62-65(59,60)64-52-50(57)48(55)47(54)49(56)51(52)58)43-61-42-40-38-36-34-32-30-28-26-20-18-16-14-12-10-8-6-4-2/h15,17,21-22,24-25,45,47-52,54-58H,3-14,16,18-20,23,26-44H2,1-2H3,(H,59,60)/b17-15-,22-21-,25-24-. The second-order valence-corrected chi connectivity index (χ2v) is 19.8. The second-order valence-electron chi connectivity index (χ2n) is 18.4. The third-order valence-corrected chi connectivity index (χ3v) is 13.3. The normalized spacial score (nSPS) is 21.8. The molecule has 6 unspecified atom stereocenters. The van der Waals surface area contributed by atoms with E-state index in [2.05, 4.69) is 50.3 Å². The van der Waals surface area contributed by atoms with Crippen LogP contribution >= 0.6 is 7.82 Å². The summed E-state index contributed by atoms with van der Waals surface area (Å²) in [6, 6.07) is 0. The minimum Gasteiger partial charge on any atom is -0.457 e. The van der Waals surface area contributed by atoms with Crippen LogP contribution in [-0.4, -0.2) is 98.9 Å². The summed E-state index contributed by atoms with van der Waals surface area (Å²) in [6.07, 6.45) is 39.2. The first-order valence-electron chi connectivity index (χ1n) is 26.3. The van der Waals surface area contributed by atoms with Crippen molar-refractivity contribution in [2.75, 3.05) is 19.8 Å². The molecule has 65 heavy (non-hydrogen) atoms. The molecule has 0 aliphatic heterocycles. The molecule has 0 aromatic rings. The Kier molecular flexibility index (Phi) is 40.4. The monoisotopic (exact) mass is 945 g/mol. The number of aliphatic hydroxyl groups is 5. The topological polar surface area (TPSA) is 192 Å². The third-order valence-electron chi connectivity index (χ3n) is 12.3. The summed E-state index contributed by atoms with van der Waals surface area (Å²) in [5, 5.41) is 50.3. The first-order chi connectivity index (χ1) is 31.5. The number of carbonyl (C=O) groups excluding carboxylic acids is 1. The fraction of sp³-hybridized carbons (Fsp3) is 0.865. The molecular weight excluding hydrogens is 848 g/mol. The lowest BCUT2D eigenvalue weighted by atomic mass is 9.85. The minimum atomic E-state index is -5.02. The molecule has 1 aliphatic rings. The van der Waals surface area contributed by atoms with Crippen LogP contribution in [0.25, 0.3) is 0 Å². The summed E-state index contributed by atoms with van der Waals surface area (Å²) in [6.45, 7) is 4.27. The maximum absolute atomic E-state index is 12.9. The van der Waals surface area contributed by atoms with Crippen LogP contribution in [-0.2, 0) is 27.9 Å². The van der Waals surface area contributed by atoms with Gasteiger partial charge in [0.15, 0.2) is 0 Å². The van der Waals surface area contributed by atoms with E-state index in [-0.39, 0.29) is 13.0 Å². The van der Waals surface area contributed by atoms with Crippen LogP contribution in [0.3, 0.4) is 0 Å². The fourth-order valence-electron chi connectivity index (χ4n) is 8.07. The van der Waals surface area contributed by atoms with Crippen molar-refractivity contribution in [3.8, 4) is 0 Å². The molecule has 0 spiro atoms. The largest absolute Gasteiger partial charge is 0.472 e. The Hall–Kier alpha value is -1.44. The molecule has 0 saturated heterocycles. The number of allylic oxidation sites excluding steroid dienone is 6. The Labute approximate surface area is 395 Å². The summed E-state index contributed by atoms with van der Waals surface area (Å²) >= 11 is 0. The van der Waals surface area contributed by atoms with Gasteiger partial charge in [-0.2, -0.15) is 0 Å². The molecule has 6 N–H and O–H groups in total. The second kappa shape index (κ2) is 42.6. The number of phosphoric ester groups is 1. The summed E-state index contributed by atoms with van der Waals surface area (Å²) < 4.78 is 34.3. The van der Waals surface area contributed by atoms with Gasteiger partial charge in [0, 0.05) is 13.0 Å². The Bertz CT molecular complexity index is 1210. The number of ether oxygens (including phenoxy) is 2. The lowest BCUT2D eigenvalue weighted by Crippen LogP contribution is -2.64. The molecule has 382 valence electrons. The molecule has 12 nitrogen and oxygen atoms in total. The molecule has 0 aromatic heterocycles. The van der Waals surface area contributed by atoms with E-state index in [0.29, 0.717) is 13.0 Å². The predicted octanol–water partition coefficient (Wildman–Crippen LogP) is 11.8. The Morgan fingerprint density at radius 2 is 0.862 bits per heavy atom. The van der Waals surface area contributed by atoms with Gasteiger partial charge in [0.2, 0.25) is 0 Å². The van der Waals surface area contributed by atoms with E-state index in [1.165, 1.54) is 128 Å². The number of esters is 1. The highest BCUT2D eigenvalue weighted by atomic mass is 31.2. The molecule has 0 aromatic carbocycles. The highest BCUT2D eigenvalue weighted by molar-refractivity contribution is 7.47. The first-order valence-corrected chi connectivity index (χ1v) is 27.8. The molecule has 0 amide bonds. The first kappa shape index (κ1) is 61.6. The molecule has 0 bridgehead atoms. The zero-order valence-electron chi connectivity index (χ0n) is 41.0. The van der Waals surface area contributed by atoms with Crippen molar-refractivity contribution < 1.29 is 58.3 Å². The molecule has 13 heteroatoms. The minimum absolute atomic E-state index is 0.0791. The van der Waals surface area contributed by atoms with Crippen molar-refractivity contribution in [2.24, 2.45) is 0 Å². The van der Waals surface area contributed by atoms with E-state index in [9.17, 15) is 39.8 Å². The van der Waals surface area contributed by atoms with Crippen LogP contribution in [0.15, 0.2) is 36.5 Å². The summed E-state index contributed by atoms with van der Waals surface area (Å²) in [4.78, 5) is 23.2. The number of rotatable bonds is 45. The molecule has 1 aliphatic carbocycles. The molecule has 0 heterocycles. The van der Waals surface area contributed by atoms with Crippen LogP contribution < -0.4 is 0 Å². The van der Waals surface area contributed by atoms with Crippen LogP contribution in [0.5, 0.6) is 0 Å². The lowest BCUT2D eigenvalue weighted by Gasteiger charge is -2.41. The van der Waals surface area contributed by atoms with Crippen molar-refractivity contribution in [3.63, 3.8) is 0 Å². The zero-order chi connectivity index (χ0) is 47.6. The van der Waals surface area contributed by atoms with Gasteiger partial charge in [0.1, 0.15) is 42.7 Å². The zero-order valence-corrected chi connectivity index (χ0v) is 41.9. The van der Waals surface area contributed by atoms with Gasteiger partial charge in [-0.25, -0.2) is 4.57 Å². The Balaban J connectivity index is 2.34. The number of unbranched alkanes of at least 4 members (excludes halogenated alkanes) is 27. The maximum atomic E-state index is 12.9. The SMILES string of the molecule is CCCCCCC/C=C\C/C=C\C/C=C\CCCCCCCCC(=O)OC(COCCCCCCCCCCCCCCCCCCC)COP(=O)(O)OC1C(O)C(O)C(O)C(O)C1O. The van der Waals surface area contributed by atoms with Gasteiger partial charge in [-0.1, -0.05) is 204 Å². The predicted molar refractivity (Wildman–Crippen MR) is 263 cm³/mol. The highest BCUT2D eigenvalue weighted by Gasteiger charge is 2.51. The average molecular weight is 945 g/mol. The van der Waals surface area contributed by atoms with Crippen LogP contribution in [0, 0.1) is 0 Å². The highest BCUT2D eigenvalue weighted by Crippen LogP contribution is 2.47. The Morgan fingerprint density at radius 1 is 0.492 bits per heavy atom. The Morgan fingerprint density at radius 3 is 1.31 bits per heavy atom. The van der Waals surface area contributed by atoms with Crippen molar-refractivity contribution >= 4 is 13.8 Å². The van der Waals surface area contributed by atoms with Gasteiger partial charge in [-0.05, 0) is 51.4 Å². The number of hydrogen-bond donors (Lipinski definition) is 6. The molecule has 0 radical (unpaired) electrons. The van der Waals surface area contributed by atoms with E-state index >= 15 is 0 Å². The molecule has 1 fully saturated rings. The van der Waals surface area contributed by atoms with Crippen LogP contribution in [0.4, 0.5) is 0 Å². The van der Waals surface area contributed by atoms with E-state index in [0.717, 1.165) is 70.6 Å². The van der Waals surface area contributed by atoms with E-state index in [1.54, 1.807) is 0 Å². The number of carbonyl (C=O) groups is 1. The maximum Gasteiger partial charge on any atom is 0.472 e. The van der Waals surface area contributed by atoms with Gasteiger partial charge < -0.3 is 39.9 Å². The molecular formula is C52H97O12P. The third kappa shape index (κ3) is 34.5. The molecule has 6 atom stereocenters. The smallest absolute Gasteiger partial charge is 0.457 e. The van der Waals surface area contributed by atoms with E-state index in [1.807, 2.05) is 0 Å². The number of phosphoric acid groups is 1. The average Bonchev–Trinajstić information content (AvgIpc) is 3.29. The summed E-state index contributed by atoms with van der Waals surface area (Å²) in [5.41, 5.74) is 0. The van der Waals surface area contributed by atoms with Crippen LogP contribution in [0.2, 0.25) is 0 Å². The van der Waals surface area contributed by atoms with Gasteiger partial charge in [-0.3, -0.25) is 13.8 Å².